The molecule has 0 radical (unpaired) electrons. The number of carbonyl (C=O) groups excluding carboxylic acids is 3. The minimum Gasteiger partial charge on any atom is -0.448 e. The molecule has 5 atom stereocenters. The van der Waals surface area contributed by atoms with Gasteiger partial charge in [0.15, 0.2) is 11.1 Å². The van der Waals surface area contributed by atoms with Gasteiger partial charge in [-0.05, 0) is 13.3 Å². The van der Waals surface area contributed by atoms with E-state index in [0.717, 1.165) is 16.4 Å². The summed E-state index contributed by atoms with van der Waals surface area (Å²) in [6, 6.07) is -1.54. The third-order valence-electron chi connectivity index (χ3n) is 5.40. The maximum absolute atomic E-state index is 13.1. The summed E-state index contributed by atoms with van der Waals surface area (Å²) >= 11 is 0. The molecule has 0 aromatic heterocycles. The molecule has 0 spiro atoms. The second-order valence-electron chi connectivity index (χ2n) is 7.16. The number of carbonyl (C=O) groups is 3. The zero-order chi connectivity index (χ0) is 19.4. The lowest BCUT2D eigenvalue weighted by atomic mass is 9.79. The number of hydrogen-bond acceptors (Lipinski definition) is 7. The third kappa shape index (κ3) is 2.06. The number of epoxide rings is 1. The summed E-state index contributed by atoms with van der Waals surface area (Å²) in [5, 5.41) is 22.1. The first kappa shape index (κ1) is 18.9. The van der Waals surface area contributed by atoms with Crippen LogP contribution in [0.15, 0.2) is 0 Å². The van der Waals surface area contributed by atoms with Crippen molar-refractivity contribution >= 4 is 17.9 Å². The molecule has 0 aromatic carbocycles. The molecule has 146 valence electrons. The lowest BCUT2D eigenvalue weighted by Crippen LogP contribution is -2.88. The predicted molar refractivity (Wildman–Crippen MR) is 86.9 cm³/mol. The number of ether oxygens (including phenoxy) is 2. The number of aliphatic hydroxyl groups excluding tert-OH is 2. The molecule has 2 aliphatic heterocycles. The van der Waals surface area contributed by atoms with Crippen LogP contribution in [0.5, 0.6) is 0 Å². The quantitative estimate of drug-likeness (QED) is 0.486. The summed E-state index contributed by atoms with van der Waals surface area (Å²) in [5.74, 6) is -0.592. The zero-order valence-electron chi connectivity index (χ0n) is 15.3. The molecule has 10 nitrogen and oxygen atoms in total. The molecule has 0 bridgehead atoms. The SMILES string of the molecule is CCCCOC(=O)N1[C@H]2C3O[C@@]3(CO)C(=O)[C@@]2([C@H](C)O)N1C(=O)N(C)C. The Balaban J connectivity index is 1.99. The topological polar surface area (TPSA) is 123 Å². The molecule has 2 heterocycles. The summed E-state index contributed by atoms with van der Waals surface area (Å²) in [6.45, 7) is 2.93. The zero-order valence-corrected chi connectivity index (χ0v) is 15.3. The normalized spacial score (nSPS) is 35.4. The monoisotopic (exact) mass is 371 g/mol. The number of urea groups is 1. The highest BCUT2D eigenvalue weighted by atomic mass is 16.6. The Morgan fingerprint density at radius 2 is 2.08 bits per heavy atom. The molecule has 0 aromatic rings. The minimum atomic E-state index is -1.66. The van der Waals surface area contributed by atoms with Gasteiger partial charge in [0.1, 0.15) is 12.1 Å². The van der Waals surface area contributed by atoms with Gasteiger partial charge < -0.3 is 24.6 Å². The molecular weight excluding hydrogens is 346 g/mol. The van der Waals surface area contributed by atoms with Crippen molar-refractivity contribution in [2.75, 3.05) is 27.3 Å². The molecule has 1 unspecified atom stereocenters. The Labute approximate surface area is 151 Å². The van der Waals surface area contributed by atoms with E-state index in [-0.39, 0.29) is 6.61 Å². The van der Waals surface area contributed by atoms with Crippen molar-refractivity contribution in [1.82, 2.24) is 14.9 Å². The molecule has 26 heavy (non-hydrogen) atoms. The molecule has 1 saturated carbocycles. The van der Waals surface area contributed by atoms with Gasteiger partial charge in [0, 0.05) is 14.1 Å². The maximum atomic E-state index is 13.1. The lowest BCUT2D eigenvalue weighted by Gasteiger charge is -2.61. The van der Waals surface area contributed by atoms with Gasteiger partial charge in [-0.1, -0.05) is 13.3 Å². The highest BCUT2D eigenvalue weighted by Crippen LogP contribution is 2.62. The molecule has 3 amide bonds. The van der Waals surface area contributed by atoms with Gasteiger partial charge in [0.2, 0.25) is 5.78 Å². The van der Waals surface area contributed by atoms with Crippen molar-refractivity contribution in [1.29, 1.82) is 0 Å². The Morgan fingerprint density at radius 1 is 1.42 bits per heavy atom. The van der Waals surface area contributed by atoms with Crippen LogP contribution in [-0.2, 0) is 14.3 Å². The molecule has 1 aliphatic carbocycles. The first-order chi connectivity index (χ1) is 12.2. The van der Waals surface area contributed by atoms with Gasteiger partial charge in [0.25, 0.3) is 0 Å². The number of hydrogen-bond donors (Lipinski definition) is 2. The molecule has 3 fully saturated rings. The van der Waals surface area contributed by atoms with E-state index >= 15 is 0 Å². The number of rotatable bonds is 5. The van der Waals surface area contributed by atoms with Crippen LogP contribution in [0.4, 0.5) is 9.59 Å². The van der Waals surface area contributed by atoms with Gasteiger partial charge in [-0.2, -0.15) is 0 Å². The van der Waals surface area contributed by atoms with Gasteiger partial charge in [-0.25, -0.2) is 19.6 Å². The summed E-state index contributed by atoms with van der Waals surface area (Å²) in [4.78, 5) is 39.6. The van der Waals surface area contributed by atoms with Crippen LogP contribution >= 0.6 is 0 Å². The molecule has 3 rings (SSSR count). The average Bonchev–Trinajstić information content (AvgIpc) is 3.24. The summed E-state index contributed by atoms with van der Waals surface area (Å²) in [5.41, 5.74) is -3.14. The van der Waals surface area contributed by atoms with Gasteiger partial charge in [0.05, 0.1) is 19.3 Å². The van der Waals surface area contributed by atoms with E-state index in [1.54, 1.807) is 0 Å². The van der Waals surface area contributed by atoms with E-state index in [0.29, 0.717) is 6.42 Å². The van der Waals surface area contributed by atoms with Crippen LogP contribution in [0, 0.1) is 0 Å². The Kier molecular flexibility index (Phi) is 4.40. The number of ketones is 1. The van der Waals surface area contributed by atoms with Crippen molar-refractivity contribution in [3.05, 3.63) is 0 Å². The summed E-state index contributed by atoms with van der Waals surface area (Å²) < 4.78 is 10.6. The first-order valence-electron chi connectivity index (χ1n) is 8.70. The number of hydrazine groups is 1. The van der Waals surface area contributed by atoms with Crippen molar-refractivity contribution < 1.29 is 34.1 Å². The fraction of sp³-hybridized carbons (Fsp3) is 0.812. The Hall–Kier alpha value is -1.91. The number of nitrogens with zero attached hydrogens (tertiary/aromatic N) is 3. The number of fused-ring (bicyclic) bond motifs is 3. The smallest absolute Gasteiger partial charge is 0.429 e. The Bertz CT molecular complexity index is 639. The number of amides is 3. The van der Waals surface area contributed by atoms with E-state index in [2.05, 4.69) is 0 Å². The van der Waals surface area contributed by atoms with Crippen LogP contribution in [0.1, 0.15) is 26.7 Å². The van der Waals surface area contributed by atoms with Crippen molar-refractivity contribution in [3.63, 3.8) is 0 Å². The highest BCUT2D eigenvalue weighted by molar-refractivity contribution is 6.08. The molecule has 2 N–H and O–H groups in total. The van der Waals surface area contributed by atoms with Gasteiger partial charge >= 0.3 is 12.1 Å². The summed E-state index contributed by atoms with van der Waals surface area (Å²) in [7, 11) is 2.95. The number of aliphatic hydroxyl groups is 2. The van der Waals surface area contributed by atoms with Crippen LogP contribution in [-0.4, -0.2) is 99.7 Å². The van der Waals surface area contributed by atoms with E-state index in [9.17, 15) is 24.6 Å². The predicted octanol–water partition coefficient (Wildman–Crippen LogP) is -0.662. The second kappa shape index (κ2) is 6.07. The number of unbranched alkanes of at least 4 members (excludes halogenated alkanes) is 1. The largest absolute Gasteiger partial charge is 0.448 e. The van der Waals surface area contributed by atoms with Crippen LogP contribution < -0.4 is 0 Å². The molecule has 3 aliphatic rings. The van der Waals surface area contributed by atoms with E-state index < -0.39 is 53.9 Å². The van der Waals surface area contributed by atoms with E-state index in [1.165, 1.54) is 25.9 Å². The van der Waals surface area contributed by atoms with E-state index in [4.69, 9.17) is 9.47 Å². The van der Waals surface area contributed by atoms with Crippen LogP contribution in [0.2, 0.25) is 0 Å². The average molecular weight is 371 g/mol. The van der Waals surface area contributed by atoms with E-state index in [1.807, 2.05) is 6.92 Å². The third-order valence-corrected chi connectivity index (χ3v) is 5.40. The molecule has 10 heteroatoms. The Morgan fingerprint density at radius 3 is 2.58 bits per heavy atom. The summed E-state index contributed by atoms with van der Waals surface area (Å²) in [6.07, 6.45) is -1.34. The highest BCUT2D eigenvalue weighted by Gasteiger charge is 2.90. The van der Waals surface area contributed by atoms with Crippen molar-refractivity contribution in [3.8, 4) is 0 Å². The minimum absolute atomic E-state index is 0.175. The van der Waals surface area contributed by atoms with Crippen molar-refractivity contribution in [2.24, 2.45) is 0 Å². The second-order valence-corrected chi connectivity index (χ2v) is 7.16. The molecule has 2 saturated heterocycles. The number of Topliss-reactive ketones (excluding diaryl/α,β-unsaturated/α-hetero) is 1. The van der Waals surface area contributed by atoms with Crippen LogP contribution in [0.3, 0.4) is 0 Å². The first-order valence-corrected chi connectivity index (χ1v) is 8.70. The maximum Gasteiger partial charge on any atom is 0.429 e. The van der Waals surface area contributed by atoms with Gasteiger partial charge in [-0.15, -0.1) is 0 Å². The van der Waals surface area contributed by atoms with Crippen LogP contribution in [0.25, 0.3) is 0 Å². The lowest BCUT2D eigenvalue weighted by molar-refractivity contribution is -0.240. The standard InChI is InChI=1S/C16H25N3O7/c1-5-6-7-25-14(24)18-10-11-15(8-20,26-11)12(22)16(10,9(2)21)19(18)13(23)17(3)4/h9-11,20-21H,5-8H2,1-4H3/t9-,10-,11?,15+,16-/m0/s1. The van der Waals surface area contributed by atoms with Gasteiger partial charge in [-0.3, -0.25) is 4.79 Å². The fourth-order valence-corrected chi connectivity index (χ4v) is 4.00. The van der Waals surface area contributed by atoms with Crippen molar-refractivity contribution in [2.45, 2.75) is 56.1 Å². The fourth-order valence-electron chi connectivity index (χ4n) is 4.00. The molecular formula is C16H25N3O7.